The van der Waals surface area contributed by atoms with Crippen molar-refractivity contribution < 1.29 is 9.53 Å². The predicted molar refractivity (Wildman–Crippen MR) is 158 cm³/mol. The van der Waals surface area contributed by atoms with Gasteiger partial charge in [-0.3, -0.25) is 4.79 Å². The highest BCUT2D eigenvalue weighted by atomic mass is 16.5. The molecule has 2 aromatic heterocycles. The zero-order chi connectivity index (χ0) is 26.8. The number of ether oxygens (including phenoxy) is 1. The number of likely N-dealkylation sites (N-methyl/N-ethyl adjacent to an activating group) is 1. The molecule has 1 aliphatic heterocycles. The number of hydrogen-bond acceptors (Lipinski definition) is 5. The average molecular weight is 518 g/mol. The van der Waals surface area contributed by atoms with Crippen molar-refractivity contribution >= 4 is 28.3 Å². The Bertz CT molecular complexity index is 1580. The molecule has 3 heterocycles. The molecule has 0 unspecified atom stereocenters. The molecule has 0 spiro atoms. The fourth-order valence-corrected chi connectivity index (χ4v) is 5.01. The van der Waals surface area contributed by atoms with Gasteiger partial charge in [0.2, 0.25) is 0 Å². The summed E-state index contributed by atoms with van der Waals surface area (Å²) in [6.45, 7) is 4.29. The van der Waals surface area contributed by atoms with E-state index in [0.717, 1.165) is 70.9 Å². The third-order valence-corrected chi connectivity index (χ3v) is 7.41. The molecule has 0 atom stereocenters. The van der Waals surface area contributed by atoms with Gasteiger partial charge < -0.3 is 24.8 Å². The lowest BCUT2D eigenvalue weighted by atomic mass is 10.0. The van der Waals surface area contributed by atoms with E-state index in [4.69, 9.17) is 4.74 Å². The van der Waals surface area contributed by atoms with Crippen molar-refractivity contribution in [2.45, 2.75) is 0 Å². The minimum absolute atomic E-state index is 0.158. The molecule has 5 aromatic rings. The van der Waals surface area contributed by atoms with Gasteiger partial charge in [-0.25, -0.2) is 4.98 Å². The number of amides is 1. The monoisotopic (exact) mass is 517 g/mol. The Morgan fingerprint density at radius 2 is 1.56 bits per heavy atom. The van der Waals surface area contributed by atoms with Crippen LogP contribution in [0.4, 0.5) is 11.4 Å². The Labute approximate surface area is 228 Å². The Hall–Kier alpha value is -4.62. The number of carbonyl (C=O) groups excluding carboxylic acids is 1. The second-order valence-electron chi connectivity index (χ2n) is 9.92. The Morgan fingerprint density at radius 1 is 0.872 bits per heavy atom. The Kier molecular flexibility index (Phi) is 6.73. The van der Waals surface area contributed by atoms with Crippen LogP contribution in [0.25, 0.3) is 33.3 Å². The number of rotatable bonds is 6. The van der Waals surface area contributed by atoms with Crippen molar-refractivity contribution in [3.63, 3.8) is 0 Å². The van der Waals surface area contributed by atoms with E-state index in [2.05, 4.69) is 62.5 Å². The van der Waals surface area contributed by atoms with Gasteiger partial charge >= 0.3 is 0 Å². The van der Waals surface area contributed by atoms with Crippen LogP contribution in [-0.4, -0.2) is 61.1 Å². The third-order valence-electron chi connectivity index (χ3n) is 7.41. The van der Waals surface area contributed by atoms with E-state index in [1.807, 2.05) is 60.9 Å². The van der Waals surface area contributed by atoms with Crippen LogP contribution in [0, 0.1) is 0 Å². The summed E-state index contributed by atoms with van der Waals surface area (Å²) in [4.78, 5) is 25.5. The van der Waals surface area contributed by atoms with Gasteiger partial charge in [0, 0.05) is 72.0 Å². The molecule has 0 aliphatic carbocycles. The molecule has 0 bridgehead atoms. The third kappa shape index (κ3) is 5.22. The minimum atomic E-state index is -0.158. The lowest BCUT2D eigenvalue weighted by Gasteiger charge is -2.34. The summed E-state index contributed by atoms with van der Waals surface area (Å²) in [6, 6.07) is 25.9. The van der Waals surface area contributed by atoms with Gasteiger partial charge in [0.15, 0.2) is 0 Å². The van der Waals surface area contributed by atoms with Crippen LogP contribution in [0.1, 0.15) is 10.4 Å². The quantitative estimate of drug-likeness (QED) is 0.293. The van der Waals surface area contributed by atoms with Crippen LogP contribution >= 0.6 is 0 Å². The number of hydrogen-bond donors (Lipinski definition) is 2. The average Bonchev–Trinajstić information content (AvgIpc) is 3.41. The molecule has 7 nitrogen and oxygen atoms in total. The van der Waals surface area contributed by atoms with E-state index in [1.165, 1.54) is 5.69 Å². The van der Waals surface area contributed by atoms with E-state index in [0.29, 0.717) is 5.56 Å². The molecule has 3 aromatic carbocycles. The molecule has 39 heavy (non-hydrogen) atoms. The number of aromatic amines is 1. The zero-order valence-electron chi connectivity index (χ0n) is 22.1. The van der Waals surface area contributed by atoms with Crippen LogP contribution in [-0.2, 0) is 0 Å². The lowest BCUT2D eigenvalue weighted by Crippen LogP contribution is -2.44. The predicted octanol–water partition coefficient (Wildman–Crippen LogP) is 5.91. The second-order valence-corrected chi connectivity index (χ2v) is 9.92. The van der Waals surface area contributed by atoms with E-state index >= 15 is 0 Å². The first-order chi connectivity index (χ1) is 19.1. The molecule has 0 saturated carbocycles. The van der Waals surface area contributed by atoms with Gasteiger partial charge in [-0.2, -0.15) is 0 Å². The second kappa shape index (κ2) is 10.6. The summed E-state index contributed by atoms with van der Waals surface area (Å²) in [5.41, 5.74) is 7.69. The maximum atomic E-state index is 12.8. The number of nitrogens with one attached hydrogen (secondary N) is 2. The van der Waals surface area contributed by atoms with E-state index in [9.17, 15) is 4.79 Å². The first kappa shape index (κ1) is 24.7. The summed E-state index contributed by atoms with van der Waals surface area (Å²) in [7, 11) is 3.79. The highest BCUT2D eigenvalue weighted by molar-refractivity contribution is 6.05. The molecule has 2 N–H and O–H groups in total. The molecule has 196 valence electrons. The normalized spacial score (nSPS) is 13.9. The smallest absolute Gasteiger partial charge is 0.255 e. The first-order valence-electron chi connectivity index (χ1n) is 13.1. The molecule has 1 saturated heterocycles. The number of aromatic nitrogens is 2. The zero-order valence-corrected chi connectivity index (χ0v) is 22.1. The minimum Gasteiger partial charge on any atom is -0.497 e. The van der Waals surface area contributed by atoms with Crippen LogP contribution in [0.3, 0.4) is 0 Å². The number of fused-ring (bicyclic) bond motifs is 1. The molecule has 7 heteroatoms. The van der Waals surface area contributed by atoms with E-state index in [-0.39, 0.29) is 5.91 Å². The first-order valence-corrected chi connectivity index (χ1v) is 13.1. The summed E-state index contributed by atoms with van der Waals surface area (Å²) >= 11 is 0. The van der Waals surface area contributed by atoms with Crippen LogP contribution in [0.15, 0.2) is 91.3 Å². The fourth-order valence-electron chi connectivity index (χ4n) is 5.01. The SMILES string of the molecule is COc1ccc(NC(=O)c2ccc(-c3c[nH]c4ncc(-c5ccc(N6CCN(C)CC6)cc5)cc34)cc2)cc1. The summed E-state index contributed by atoms with van der Waals surface area (Å²) in [5, 5.41) is 3.98. The van der Waals surface area contributed by atoms with Gasteiger partial charge in [-0.15, -0.1) is 0 Å². The van der Waals surface area contributed by atoms with Gasteiger partial charge in [-0.05, 0) is 72.8 Å². The summed E-state index contributed by atoms with van der Waals surface area (Å²) < 4.78 is 5.18. The number of piperazine rings is 1. The van der Waals surface area contributed by atoms with Crippen molar-refractivity contribution in [2.75, 3.05) is 50.6 Å². The number of nitrogens with zero attached hydrogens (tertiary/aromatic N) is 3. The van der Waals surface area contributed by atoms with E-state index in [1.54, 1.807) is 7.11 Å². The molecule has 1 amide bonds. The van der Waals surface area contributed by atoms with Crippen LogP contribution < -0.4 is 15.0 Å². The number of benzene rings is 3. The molecule has 1 fully saturated rings. The maximum absolute atomic E-state index is 12.8. The number of anilines is 2. The standard InChI is InChI=1S/C32H31N5O2/c1-36-15-17-37(18-16-36)27-11-7-22(8-12-27)25-19-29-30(21-34-31(29)33-20-25)23-3-5-24(6-4-23)32(38)35-26-9-13-28(39-2)14-10-26/h3-14,19-21H,15-18H2,1-2H3,(H,33,34)(H,35,38). The van der Waals surface area contributed by atoms with Crippen LogP contribution in [0.5, 0.6) is 5.75 Å². The molecular formula is C32H31N5O2. The van der Waals surface area contributed by atoms with E-state index < -0.39 is 0 Å². The van der Waals surface area contributed by atoms with Gasteiger partial charge in [0.1, 0.15) is 11.4 Å². The largest absolute Gasteiger partial charge is 0.497 e. The Morgan fingerprint density at radius 3 is 2.26 bits per heavy atom. The fraction of sp³-hybridized carbons (Fsp3) is 0.188. The lowest BCUT2D eigenvalue weighted by molar-refractivity contribution is 0.102. The molecular weight excluding hydrogens is 486 g/mol. The molecule has 6 rings (SSSR count). The summed E-state index contributed by atoms with van der Waals surface area (Å²) in [5.74, 6) is 0.589. The van der Waals surface area contributed by atoms with Gasteiger partial charge in [0.05, 0.1) is 7.11 Å². The van der Waals surface area contributed by atoms with Gasteiger partial charge in [0.25, 0.3) is 5.91 Å². The number of carbonyl (C=O) groups is 1. The number of pyridine rings is 1. The summed E-state index contributed by atoms with van der Waals surface area (Å²) in [6.07, 6.45) is 3.89. The molecule has 1 aliphatic rings. The van der Waals surface area contributed by atoms with Crippen LogP contribution in [0.2, 0.25) is 0 Å². The maximum Gasteiger partial charge on any atom is 0.255 e. The van der Waals surface area contributed by atoms with Gasteiger partial charge in [-0.1, -0.05) is 24.3 Å². The van der Waals surface area contributed by atoms with Crippen molar-refractivity contribution in [2.24, 2.45) is 0 Å². The van der Waals surface area contributed by atoms with Crippen molar-refractivity contribution in [1.29, 1.82) is 0 Å². The topological polar surface area (TPSA) is 73.5 Å². The number of H-pyrrole nitrogens is 1. The Balaban J connectivity index is 1.20. The number of methoxy groups -OCH3 is 1. The van der Waals surface area contributed by atoms with Crippen molar-refractivity contribution in [3.05, 3.63) is 96.8 Å². The van der Waals surface area contributed by atoms with Crippen molar-refractivity contribution in [1.82, 2.24) is 14.9 Å². The highest BCUT2D eigenvalue weighted by Crippen LogP contribution is 2.32. The van der Waals surface area contributed by atoms with Crippen molar-refractivity contribution in [3.8, 4) is 28.0 Å². The molecule has 0 radical (unpaired) electrons. The highest BCUT2D eigenvalue weighted by Gasteiger charge is 2.15.